The van der Waals surface area contributed by atoms with E-state index in [-0.39, 0.29) is 18.2 Å². The lowest BCUT2D eigenvalue weighted by atomic mass is 9.83. The third kappa shape index (κ3) is 4.11. The van der Waals surface area contributed by atoms with Gasteiger partial charge in [-0.1, -0.05) is 18.2 Å². The van der Waals surface area contributed by atoms with Crippen LogP contribution >= 0.6 is 0 Å². The van der Waals surface area contributed by atoms with E-state index in [2.05, 4.69) is 6.08 Å². The molecule has 0 radical (unpaired) electrons. The highest BCUT2D eigenvalue weighted by Crippen LogP contribution is 2.38. The van der Waals surface area contributed by atoms with Crippen molar-refractivity contribution < 1.29 is 17.9 Å². The van der Waals surface area contributed by atoms with E-state index in [0.29, 0.717) is 4.90 Å². The molecule has 26 heavy (non-hydrogen) atoms. The molecule has 3 rings (SSSR count). The maximum absolute atomic E-state index is 12.7. The second-order valence-electron chi connectivity index (χ2n) is 8.24. The number of amides is 1. The smallest absolute Gasteiger partial charge is 0.411 e. The van der Waals surface area contributed by atoms with Crippen molar-refractivity contribution in [1.82, 2.24) is 4.90 Å². The number of benzene rings is 1. The van der Waals surface area contributed by atoms with Crippen LogP contribution in [0.4, 0.5) is 4.79 Å². The Morgan fingerprint density at radius 1 is 1.23 bits per heavy atom. The second-order valence-corrected chi connectivity index (χ2v) is 10.3. The van der Waals surface area contributed by atoms with E-state index in [4.69, 9.17) is 4.74 Å². The minimum Gasteiger partial charge on any atom is -0.444 e. The predicted molar refractivity (Wildman–Crippen MR) is 102 cm³/mol. The molecule has 2 aliphatic rings. The molecule has 0 aromatic heterocycles. The molecule has 1 fully saturated rings. The topological polar surface area (TPSA) is 63.7 Å². The molecule has 0 N–H and O–H groups in total. The first kappa shape index (κ1) is 19.0. The summed E-state index contributed by atoms with van der Waals surface area (Å²) < 4.78 is 29.3. The number of hydrogen-bond acceptors (Lipinski definition) is 4. The van der Waals surface area contributed by atoms with Crippen LogP contribution in [0, 0.1) is 0 Å². The van der Waals surface area contributed by atoms with Gasteiger partial charge in [0.1, 0.15) is 5.60 Å². The molecule has 6 heteroatoms. The molecule has 2 bridgehead atoms. The molecule has 0 spiro atoms. The van der Waals surface area contributed by atoms with Gasteiger partial charge in [-0.2, -0.15) is 0 Å². The van der Waals surface area contributed by atoms with E-state index in [0.717, 1.165) is 36.8 Å². The van der Waals surface area contributed by atoms with Gasteiger partial charge in [-0.25, -0.2) is 13.2 Å². The fraction of sp³-hybridized carbons (Fsp3) is 0.550. The highest BCUT2D eigenvalue weighted by atomic mass is 32.2. The first-order valence-corrected chi connectivity index (χ1v) is 11.0. The summed E-state index contributed by atoms with van der Waals surface area (Å²) in [6.07, 6.45) is 6.74. The first-order valence-electron chi connectivity index (χ1n) is 9.07. The zero-order valence-electron chi connectivity index (χ0n) is 15.9. The van der Waals surface area contributed by atoms with E-state index in [9.17, 15) is 13.2 Å². The molecule has 1 aromatic carbocycles. The lowest BCUT2D eigenvalue weighted by molar-refractivity contribution is 0.0000830. The Morgan fingerprint density at radius 3 is 2.58 bits per heavy atom. The fourth-order valence-corrected chi connectivity index (χ4v) is 4.44. The molecule has 2 atom stereocenters. The number of sulfone groups is 1. The van der Waals surface area contributed by atoms with E-state index in [1.165, 1.54) is 6.26 Å². The number of fused-ring (bicyclic) bond motifs is 2. The number of carbonyl (C=O) groups excluding carboxylic acids is 1. The third-order valence-electron chi connectivity index (χ3n) is 4.87. The molecule has 1 saturated heterocycles. The first-order chi connectivity index (χ1) is 12.0. The summed E-state index contributed by atoms with van der Waals surface area (Å²) in [7, 11) is -3.24. The van der Waals surface area contributed by atoms with Crippen molar-refractivity contribution >= 4 is 21.5 Å². The average Bonchev–Trinajstić information content (AvgIpc) is 2.51. The predicted octanol–water partition coefficient (Wildman–Crippen LogP) is 4.04. The number of nitrogens with zero attached hydrogens (tertiary/aromatic N) is 1. The maximum atomic E-state index is 12.7. The highest BCUT2D eigenvalue weighted by molar-refractivity contribution is 7.90. The van der Waals surface area contributed by atoms with Gasteiger partial charge in [0.25, 0.3) is 0 Å². The van der Waals surface area contributed by atoms with Crippen molar-refractivity contribution in [1.29, 1.82) is 0 Å². The molecule has 2 unspecified atom stereocenters. The second kappa shape index (κ2) is 6.72. The lowest BCUT2D eigenvalue weighted by Gasteiger charge is -2.45. The van der Waals surface area contributed by atoms with Gasteiger partial charge in [0, 0.05) is 12.3 Å². The van der Waals surface area contributed by atoms with E-state index >= 15 is 0 Å². The van der Waals surface area contributed by atoms with Gasteiger partial charge < -0.3 is 4.74 Å². The van der Waals surface area contributed by atoms with Crippen molar-refractivity contribution in [3.05, 3.63) is 35.9 Å². The van der Waals surface area contributed by atoms with Crippen LogP contribution in [0.3, 0.4) is 0 Å². The van der Waals surface area contributed by atoms with Crippen LogP contribution < -0.4 is 0 Å². The lowest BCUT2D eigenvalue weighted by Crippen LogP contribution is -2.53. The van der Waals surface area contributed by atoms with Crippen molar-refractivity contribution in [3.63, 3.8) is 0 Å². The van der Waals surface area contributed by atoms with Gasteiger partial charge in [-0.15, -0.1) is 0 Å². The molecular formula is C20H27NO4S. The fourth-order valence-electron chi connectivity index (χ4n) is 3.77. The van der Waals surface area contributed by atoms with Gasteiger partial charge in [0.2, 0.25) is 0 Å². The van der Waals surface area contributed by atoms with Crippen LogP contribution in [0.5, 0.6) is 0 Å². The van der Waals surface area contributed by atoms with Gasteiger partial charge in [-0.05, 0) is 69.7 Å². The van der Waals surface area contributed by atoms with Crippen LogP contribution in [0.2, 0.25) is 0 Å². The van der Waals surface area contributed by atoms with E-state index in [1.54, 1.807) is 18.2 Å². The van der Waals surface area contributed by atoms with Crippen LogP contribution in [-0.2, 0) is 14.6 Å². The average molecular weight is 378 g/mol. The van der Waals surface area contributed by atoms with Crippen molar-refractivity contribution in [3.8, 4) is 0 Å². The number of piperidine rings is 1. The Hall–Kier alpha value is -1.82. The molecule has 0 saturated carbocycles. The summed E-state index contributed by atoms with van der Waals surface area (Å²) in [6.45, 7) is 5.63. The summed E-state index contributed by atoms with van der Waals surface area (Å²) in [5, 5.41) is 0. The van der Waals surface area contributed by atoms with Crippen LogP contribution in [0.15, 0.2) is 35.2 Å². The SMILES string of the molecule is CC(C)(C)OC(=O)N1C2C=C(c3cccc(S(C)(=O)=O)c3)CC1CCC2. The Balaban J connectivity index is 1.90. The Kier molecular flexibility index (Phi) is 4.90. The van der Waals surface area contributed by atoms with Crippen molar-refractivity contribution in [2.45, 2.75) is 69.0 Å². The minimum atomic E-state index is -3.24. The summed E-state index contributed by atoms with van der Waals surface area (Å²) in [6, 6.07) is 7.19. The van der Waals surface area contributed by atoms with Crippen LogP contribution in [0.1, 0.15) is 52.0 Å². The molecule has 5 nitrogen and oxygen atoms in total. The zero-order valence-corrected chi connectivity index (χ0v) is 16.7. The quantitative estimate of drug-likeness (QED) is 0.780. The summed E-state index contributed by atoms with van der Waals surface area (Å²) in [5.74, 6) is 0. The zero-order chi connectivity index (χ0) is 19.1. The van der Waals surface area contributed by atoms with Crippen molar-refractivity contribution in [2.75, 3.05) is 6.26 Å². The minimum absolute atomic E-state index is 0.00856. The summed E-state index contributed by atoms with van der Waals surface area (Å²) in [5.41, 5.74) is 1.53. The number of rotatable bonds is 2. The van der Waals surface area contributed by atoms with Gasteiger partial charge in [-0.3, -0.25) is 4.90 Å². The largest absolute Gasteiger partial charge is 0.444 e. The van der Waals surface area contributed by atoms with Crippen LogP contribution in [-0.4, -0.2) is 43.4 Å². The Bertz CT molecular complexity index is 836. The molecule has 0 aliphatic carbocycles. The van der Waals surface area contributed by atoms with Crippen LogP contribution in [0.25, 0.3) is 5.57 Å². The highest BCUT2D eigenvalue weighted by Gasteiger charge is 2.39. The van der Waals surface area contributed by atoms with Gasteiger partial charge in [0.05, 0.1) is 10.9 Å². The molecular weight excluding hydrogens is 350 g/mol. The van der Waals surface area contributed by atoms with Crippen molar-refractivity contribution in [2.24, 2.45) is 0 Å². The summed E-state index contributed by atoms with van der Waals surface area (Å²) >= 11 is 0. The Morgan fingerprint density at radius 2 is 1.96 bits per heavy atom. The van der Waals surface area contributed by atoms with Gasteiger partial charge >= 0.3 is 6.09 Å². The van der Waals surface area contributed by atoms with Gasteiger partial charge in [0.15, 0.2) is 9.84 Å². The standard InChI is InChI=1S/C20H27NO4S/c1-20(2,3)25-19(22)21-16-8-6-9-17(21)12-15(11-16)14-7-5-10-18(13-14)26(4,23)24/h5,7,10-11,13,16-17H,6,8-9,12H2,1-4H3. The normalized spacial score (nSPS) is 23.4. The van der Waals surface area contributed by atoms with E-state index in [1.807, 2.05) is 31.7 Å². The molecule has 1 amide bonds. The van der Waals surface area contributed by atoms with E-state index < -0.39 is 15.4 Å². The third-order valence-corrected chi connectivity index (χ3v) is 5.98. The number of carbonyl (C=O) groups is 1. The number of hydrogen-bond donors (Lipinski definition) is 0. The maximum Gasteiger partial charge on any atom is 0.411 e. The Labute approximate surface area is 155 Å². The monoisotopic (exact) mass is 377 g/mol. The molecule has 1 aromatic rings. The number of ether oxygens (including phenoxy) is 1. The summed E-state index contributed by atoms with van der Waals surface area (Å²) in [4.78, 5) is 14.9. The molecule has 142 valence electrons. The molecule has 2 aliphatic heterocycles. The molecule has 2 heterocycles.